The Bertz CT molecular complexity index is 1940. The van der Waals surface area contributed by atoms with Crippen LogP contribution in [0.3, 0.4) is 0 Å². The Morgan fingerprint density at radius 2 is 0.627 bits per heavy atom. The van der Waals surface area contributed by atoms with Crippen molar-refractivity contribution in [2.24, 2.45) is 0 Å². The van der Waals surface area contributed by atoms with Crippen LogP contribution in [-0.4, -0.2) is 193 Å². The molecule has 17 atom stereocenters. The van der Waals surface area contributed by atoms with E-state index in [2.05, 4.69) is 31.3 Å². The fourth-order valence-electron chi connectivity index (χ4n) is 14.7. The van der Waals surface area contributed by atoms with Crippen molar-refractivity contribution < 1.29 is 89.4 Å². The van der Waals surface area contributed by atoms with Crippen molar-refractivity contribution in [3.8, 4) is 0 Å². The van der Waals surface area contributed by atoms with Gasteiger partial charge in [0.1, 0.15) is 73.2 Å². The van der Waals surface area contributed by atoms with Crippen molar-refractivity contribution >= 4 is 5.91 Å². The highest BCUT2D eigenvalue weighted by Crippen LogP contribution is 2.33. The van der Waals surface area contributed by atoms with Crippen molar-refractivity contribution in [1.82, 2.24) is 5.32 Å². The fraction of sp³-hybridized carbons (Fsp3) is 0.940. The Morgan fingerprint density at radius 3 is 0.980 bits per heavy atom. The van der Waals surface area contributed by atoms with Gasteiger partial charge >= 0.3 is 0 Å². The largest absolute Gasteiger partial charge is 0.394 e. The summed E-state index contributed by atoms with van der Waals surface area (Å²) in [7, 11) is 0. The van der Waals surface area contributed by atoms with Crippen molar-refractivity contribution in [3.05, 3.63) is 24.3 Å². The van der Waals surface area contributed by atoms with E-state index in [1.165, 1.54) is 295 Å². The lowest BCUT2D eigenvalue weighted by molar-refractivity contribution is -0.379. The normalized spacial score (nSPS) is 26.2. The maximum Gasteiger partial charge on any atom is 0.220 e. The topological polar surface area (TPSA) is 307 Å². The molecule has 19 nitrogen and oxygen atoms in total. The zero-order chi connectivity index (χ0) is 73.9. The molecule has 602 valence electrons. The quantitative estimate of drug-likeness (QED) is 0.0199. The highest BCUT2D eigenvalue weighted by Gasteiger charge is 2.54. The molecular weight excluding hydrogens is 1300 g/mol. The minimum Gasteiger partial charge on any atom is -0.394 e. The van der Waals surface area contributed by atoms with Crippen molar-refractivity contribution in [1.29, 1.82) is 0 Å². The van der Waals surface area contributed by atoms with Crippen LogP contribution in [0.1, 0.15) is 367 Å². The predicted octanol–water partition coefficient (Wildman–Crippen LogP) is 14.9. The molecule has 3 rings (SSSR count). The molecule has 19 heteroatoms. The smallest absolute Gasteiger partial charge is 0.220 e. The third kappa shape index (κ3) is 43.5. The number of hydrogen-bond acceptors (Lipinski definition) is 18. The summed E-state index contributed by atoms with van der Waals surface area (Å²) in [4.78, 5) is 13.5. The highest BCUT2D eigenvalue weighted by molar-refractivity contribution is 5.76. The van der Waals surface area contributed by atoms with E-state index in [9.17, 15) is 61.0 Å². The number of aliphatic hydroxyl groups excluding tert-OH is 11. The summed E-state index contributed by atoms with van der Waals surface area (Å²) in [6, 6.07) is -0.989. The molecule has 3 aliphatic heterocycles. The Balaban J connectivity index is 1.35. The average Bonchev–Trinajstić information content (AvgIpc) is 0.781. The minimum atomic E-state index is -1.98. The molecule has 3 heterocycles. The molecule has 12 N–H and O–H groups in total. The molecule has 102 heavy (non-hydrogen) atoms. The molecule has 3 aliphatic rings. The summed E-state index contributed by atoms with van der Waals surface area (Å²) in [5.74, 6) is -0.276. The van der Waals surface area contributed by atoms with Gasteiger partial charge in [-0.2, -0.15) is 0 Å². The SMILES string of the molecule is CCCCCCCCCCCCCCCCCCCC/C=C/CC/C=C/C(O)C(COC1OC(CO)C(OC2OC(CO)C(OC3OC(CO)C(O)C(O)C3O)C(O)C2O)C(O)C1O)NC(=O)CCCCCCCCCCCCCCCCCCCCCCCCCCCCCCCCCCC. The molecule has 3 fully saturated rings. The van der Waals surface area contributed by atoms with Crippen LogP contribution in [0.2, 0.25) is 0 Å². The van der Waals surface area contributed by atoms with Crippen LogP contribution in [0.15, 0.2) is 24.3 Å². The summed E-state index contributed by atoms with van der Waals surface area (Å²) in [5.41, 5.74) is 0. The first-order valence-electron chi connectivity index (χ1n) is 42.6. The van der Waals surface area contributed by atoms with E-state index >= 15 is 0 Å². The van der Waals surface area contributed by atoms with E-state index in [0.717, 1.165) is 38.5 Å². The van der Waals surface area contributed by atoms with Crippen LogP contribution in [-0.2, 0) is 33.2 Å². The molecule has 0 bridgehead atoms. The van der Waals surface area contributed by atoms with Gasteiger partial charge in [-0.15, -0.1) is 0 Å². The van der Waals surface area contributed by atoms with E-state index < -0.39 is 124 Å². The molecule has 0 aromatic carbocycles. The van der Waals surface area contributed by atoms with Gasteiger partial charge in [-0.1, -0.05) is 353 Å². The molecular formula is C83H157NO18. The molecule has 0 aliphatic carbocycles. The number of carbonyl (C=O) groups excluding carboxylic acids is 1. The monoisotopic (exact) mass is 1460 g/mol. The van der Waals surface area contributed by atoms with Gasteiger partial charge in [-0.3, -0.25) is 4.79 Å². The number of unbranched alkanes of at least 4 members (excludes halogenated alkanes) is 51. The summed E-state index contributed by atoms with van der Waals surface area (Å²) in [5, 5.41) is 121. The van der Waals surface area contributed by atoms with Gasteiger partial charge in [0, 0.05) is 6.42 Å². The maximum absolute atomic E-state index is 13.5. The van der Waals surface area contributed by atoms with Crippen LogP contribution >= 0.6 is 0 Å². The molecule has 1 amide bonds. The van der Waals surface area contributed by atoms with Crippen LogP contribution in [0, 0.1) is 0 Å². The van der Waals surface area contributed by atoms with E-state index in [4.69, 9.17) is 28.4 Å². The number of ether oxygens (including phenoxy) is 6. The molecule has 0 spiro atoms. The van der Waals surface area contributed by atoms with Gasteiger partial charge in [0.25, 0.3) is 0 Å². The van der Waals surface area contributed by atoms with E-state index in [-0.39, 0.29) is 18.9 Å². The van der Waals surface area contributed by atoms with Gasteiger partial charge in [-0.05, 0) is 32.1 Å². The van der Waals surface area contributed by atoms with Gasteiger partial charge in [0.05, 0.1) is 38.6 Å². The Labute approximate surface area is 619 Å². The number of amides is 1. The van der Waals surface area contributed by atoms with Gasteiger partial charge in [0.15, 0.2) is 18.9 Å². The fourth-order valence-corrected chi connectivity index (χ4v) is 14.7. The second-order valence-electron chi connectivity index (χ2n) is 30.6. The number of allylic oxidation sites excluding steroid dienone is 3. The Kier molecular flexibility index (Phi) is 59.4. The molecule has 0 aromatic heterocycles. The van der Waals surface area contributed by atoms with Crippen LogP contribution in [0.4, 0.5) is 0 Å². The van der Waals surface area contributed by atoms with Crippen LogP contribution in [0.25, 0.3) is 0 Å². The van der Waals surface area contributed by atoms with E-state index in [1.807, 2.05) is 6.08 Å². The molecule has 17 unspecified atom stereocenters. The van der Waals surface area contributed by atoms with E-state index in [1.54, 1.807) is 6.08 Å². The average molecular weight is 1460 g/mol. The summed E-state index contributed by atoms with van der Waals surface area (Å²) in [6.07, 6.45) is 51.9. The highest BCUT2D eigenvalue weighted by atomic mass is 16.8. The van der Waals surface area contributed by atoms with E-state index in [0.29, 0.717) is 12.8 Å². The molecule has 0 aromatic rings. The standard InChI is InChI=1S/C83H157NO18/c1-3-5-7-9-11-13-15-17-19-21-23-25-27-29-30-31-32-33-34-35-36-37-39-41-43-45-47-49-51-53-55-57-59-61-71(89)84-66(67(88)60-58-56-54-52-50-48-46-44-42-40-38-28-26-24-22-20-18-16-14-12-10-8-6-4-2)65-97-81-77(95)74(92)79(69(63-86)99-81)102-83-78(96)75(93)80(70(64-87)100-83)101-82-76(94)73(91)72(90)68(62-85)98-82/h50,52,58,60,66-70,72-83,85-88,90-96H,3-49,51,53-57,59,61-65H2,1-2H3,(H,84,89)/b52-50+,60-58+. The zero-order valence-electron chi connectivity index (χ0n) is 64.6. The predicted molar refractivity (Wildman–Crippen MR) is 406 cm³/mol. The minimum absolute atomic E-state index is 0.241. The summed E-state index contributed by atoms with van der Waals surface area (Å²) < 4.78 is 34.5. The molecule has 3 saturated heterocycles. The molecule has 0 saturated carbocycles. The van der Waals surface area contributed by atoms with Gasteiger partial charge in [0.2, 0.25) is 5.91 Å². The number of hydrogen-bond donors (Lipinski definition) is 12. The van der Waals surface area contributed by atoms with Crippen molar-refractivity contribution in [2.75, 3.05) is 26.4 Å². The lowest BCUT2D eigenvalue weighted by Gasteiger charge is -2.48. The Hall–Kier alpha value is -1.73. The first kappa shape index (κ1) is 94.5. The lowest BCUT2D eigenvalue weighted by Crippen LogP contribution is -2.66. The van der Waals surface area contributed by atoms with Crippen LogP contribution in [0.5, 0.6) is 0 Å². The lowest BCUT2D eigenvalue weighted by atomic mass is 9.96. The first-order chi connectivity index (χ1) is 49.8. The number of carbonyl (C=O) groups is 1. The number of aliphatic hydroxyl groups is 11. The summed E-state index contributed by atoms with van der Waals surface area (Å²) >= 11 is 0. The Morgan fingerprint density at radius 1 is 0.343 bits per heavy atom. The number of rotatable bonds is 69. The van der Waals surface area contributed by atoms with Crippen molar-refractivity contribution in [2.45, 2.75) is 471 Å². The third-order valence-corrected chi connectivity index (χ3v) is 21.5. The maximum atomic E-state index is 13.5. The number of nitrogens with one attached hydrogen (secondary N) is 1. The molecule has 0 radical (unpaired) electrons. The second kappa shape index (κ2) is 64.1. The van der Waals surface area contributed by atoms with Crippen LogP contribution < -0.4 is 5.32 Å². The zero-order valence-corrected chi connectivity index (χ0v) is 64.6. The summed E-state index contributed by atoms with van der Waals surface area (Å²) in [6.45, 7) is 1.79. The first-order valence-corrected chi connectivity index (χ1v) is 42.6. The second-order valence-corrected chi connectivity index (χ2v) is 30.6. The van der Waals surface area contributed by atoms with Gasteiger partial charge < -0.3 is 89.9 Å². The van der Waals surface area contributed by atoms with Crippen molar-refractivity contribution in [3.63, 3.8) is 0 Å². The third-order valence-electron chi connectivity index (χ3n) is 21.5. The van der Waals surface area contributed by atoms with Gasteiger partial charge in [-0.25, -0.2) is 0 Å².